The molecule has 0 aliphatic rings. The first kappa shape index (κ1) is 12.8. The van der Waals surface area contributed by atoms with Crippen LogP contribution in [0, 0.1) is 28.8 Å². The molecule has 0 aliphatic heterocycles. The van der Waals surface area contributed by atoms with Crippen molar-refractivity contribution in [2.45, 2.75) is 0 Å². The van der Waals surface area contributed by atoms with Crippen LogP contribution in [0.2, 0.25) is 0 Å². The number of carbonyl (C=O) groups excluding carboxylic acids is 1. The summed E-state index contributed by atoms with van der Waals surface area (Å²) in [5.41, 5.74) is -0.928. The lowest BCUT2D eigenvalue weighted by Gasteiger charge is -2.00. The Kier molecular flexibility index (Phi) is 3.88. The molecule has 0 amide bonds. The SMILES string of the molecule is COC(=O)/C(C#N)=C/c1cc(F)c(F)cc1F. The third-order valence-electron chi connectivity index (χ3n) is 1.87. The van der Waals surface area contributed by atoms with E-state index in [1.165, 1.54) is 6.07 Å². The van der Waals surface area contributed by atoms with Gasteiger partial charge in [-0.05, 0) is 12.1 Å². The van der Waals surface area contributed by atoms with Crippen molar-refractivity contribution < 1.29 is 22.7 Å². The zero-order valence-electron chi connectivity index (χ0n) is 8.63. The highest BCUT2D eigenvalue weighted by atomic mass is 19.2. The van der Waals surface area contributed by atoms with E-state index in [4.69, 9.17) is 5.26 Å². The number of carbonyl (C=O) groups is 1. The topological polar surface area (TPSA) is 50.1 Å². The maximum Gasteiger partial charge on any atom is 0.348 e. The van der Waals surface area contributed by atoms with Gasteiger partial charge < -0.3 is 4.74 Å². The zero-order chi connectivity index (χ0) is 13.0. The number of ether oxygens (including phenoxy) is 1. The largest absolute Gasteiger partial charge is 0.465 e. The molecular weight excluding hydrogens is 235 g/mol. The monoisotopic (exact) mass is 241 g/mol. The molecule has 0 saturated heterocycles. The number of halogens is 3. The number of rotatable bonds is 2. The van der Waals surface area contributed by atoms with Crippen LogP contribution >= 0.6 is 0 Å². The van der Waals surface area contributed by atoms with Gasteiger partial charge in [-0.2, -0.15) is 5.26 Å². The lowest BCUT2D eigenvalue weighted by molar-refractivity contribution is -0.135. The standard InChI is InChI=1S/C11H6F3NO2/c1-17-11(16)7(5-15)2-6-3-9(13)10(14)4-8(6)12/h2-4H,1H3/b7-2+. The minimum absolute atomic E-state index is 0.327. The molecule has 0 saturated carbocycles. The van der Waals surface area contributed by atoms with Crippen molar-refractivity contribution in [2.24, 2.45) is 0 Å². The van der Waals surface area contributed by atoms with Crippen LogP contribution in [0.4, 0.5) is 13.2 Å². The van der Waals surface area contributed by atoms with Crippen LogP contribution in [0.3, 0.4) is 0 Å². The second-order valence-electron chi connectivity index (χ2n) is 2.95. The maximum atomic E-state index is 13.2. The van der Waals surface area contributed by atoms with Gasteiger partial charge in [0.05, 0.1) is 7.11 Å². The Morgan fingerprint density at radius 2 is 1.88 bits per heavy atom. The van der Waals surface area contributed by atoms with Crippen molar-refractivity contribution in [3.05, 3.63) is 40.7 Å². The second-order valence-corrected chi connectivity index (χ2v) is 2.95. The number of methoxy groups -OCH3 is 1. The van der Waals surface area contributed by atoms with Crippen LogP contribution < -0.4 is 0 Å². The fourth-order valence-electron chi connectivity index (χ4n) is 1.05. The fraction of sp³-hybridized carbons (Fsp3) is 0.0909. The van der Waals surface area contributed by atoms with E-state index in [0.29, 0.717) is 12.1 Å². The summed E-state index contributed by atoms with van der Waals surface area (Å²) in [6.45, 7) is 0. The average molecular weight is 241 g/mol. The molecule has 3 nitrogen and oxygen atoms in total. The number of hydrogen-bond acceptors (Lipinski definition) is 3. The Morgan fingerprint density at radius 3 is 2.41 bits per heavy atom. The third kappa shape index (κ3) is 2.84. The summed E-state index contributed by atoms with van der Waals surface area (Å²) in [6.07, 6.45) is 0.781. The number of benzene rings is 1. The molecule has 0 N–H and O–H groups in total. The van der Waals surface area contributed by atoms with Gasteiger partial charge in [0.15, 0.2) is 11.6 Å². The van der Waals surface area contributed by atoms with Gasteiger partial charge in [0.1, 0.15) is 17.5 Å². The van der Waals surface area contributed by atoms with E-state index in [1.54, 1.807) is 0 Å². The minimum atomic E-state index is -1.35. The molecule has 0 fully saturated rings. The van der Waals surface area contributed by atoms with Gasteiger partial charge in [0, 0.05) is 11.6 Å². The zero-order valence-corrected chi connectivity index (χ0v) is 8.63. The first-order chi connectivity index (χ1) is 7.99. The molecule has 17 heavy (non-hydrogen) atoms. The van der Waals surface area contributed by atoms with Crippen molar-refractivity contribution >= 4 is 12.0 Å². The van der Waals surface area contributed by atoms with Gasteiger partial charge in [-0.3, -0.25) is 0 Å². The summed E-state index contributed by atoms with van der Waals surface area (Å²) in [5.74, 6) is -4.70. The molecular formula is C11H6F3NO2. The fourth-order valence-corrected chi connectivity index (χ4v) is 1.05. The van der Waals surface area contributed by atoms with Crippen molar-refractivity contribution in [2.75, 3.05) is 7.11 Å². The van der Waals surface area contributed by atoms with Crippen LogP contribution in [0.5, 0.6) is 0 Å². The molecule has 1 aromatic carbocycles. The van der Waals surface area contributed by atoms with Gasteiger partial charge in [-0.1, -0.05) is 0 Å². The summed E-state index contributed by atoms with van der Waals surface area (Å²) < 4.78 is 42.9. The summed E-state index contributed by atoms with van der Waals surface area (Å²) in [6, 6.07) is 2.34. The van der Waals surface area contributed by atoms with E-state index in [0.717, 1.165) is 13.2 Å². The molecule has 1 rings (SSSR count). The lowest BCUT2D eigenvalue weighted by atomic mass is 10.1. The molecule has 0 atom stereocenters. The van der Waals surface area contributed by atoms with E-state index in [2.05, 4.69) is 4.74 Å². The van der Waals surface area contributed by atoms with E-state index < -0.39 is 34.6 Å². The van der Waals surface area contributed by atoms with Crippen LogP contribution in [0.25, 0.3) is 6.08 Å². The van der Waals surface area contributed by atoms with Crippen LogP contribution in [0.1, 0.15) is 5.56 Å². The molecule has 1 aromatic rings. The summed E-state index contributed by atoms with van der Waals surface area (Å²) in [7, 11) is 1.04. The Hall–Kier alpha value is -2.29. The first-order valence-electron chi connectivity index (χ1n) is 4.34. The van der Waals surface area contributed by atoms with E-state index >= 15 is 0 Å². The second kappa shape index (κ2) is 5.16. The summed E-state index contributed by atoms with van der Waals surface area (Å²) in [5, 5.41) is 8.59. The summed E-state index contributed by atoms with van der Waals surface area (Å²) in [4.78, 5) is 11.0. The smallest absolute Gasteiger partial charge is 0.348 e. The predicted octanol–water partition coefficient (Wildman–Crippen LogP) is 2.18. The molecule has 0 spiro atoms. The molecule has 0 aliphatic carbocycles. The Bertz CT molecular complexity index is 532. The Morgan fingerprint density at radius 1 is 1.29 bits per heavy atom. The van der Waals surface area contributed by atoms with Crippen molar-refractivity contribution in [3.63, 3.8) is 0 Å². The first-order valence-corrected chi connectivity index (χ1v) is 4.34. The van der Waals surface area contributed by atoms with Gasteiger partial charge in [0.2, 0.25) is 0 Å². The number of nitriles is 1. The molecule has 6 heteroatoms. The minimum Gasteiger partial charge on any atom is -0.465 e. The highest BCUT2D eigenvalue weighted by Gasteiger charge is 2.13. The third-order valence-corrected chi connectivity index (χ3v) is 1.87. The lowest BCUT2D eigenvalue weighted by Crippen LogP contribution is -2.03. The Balaban J connectivity index is 3.27. The van der Waals surface area contributed by atoms with Crippen LogP contribution in [-0.2, 0) is 9.53 Å². The molecule has 0 radical (unpaired) electrons. The van der Waals surface area contributed by atoms with Crippen molar-refractivity contribution in [1.29, 1.82) is 5.26 Å². The molecule has 0 bridgehead atoms. The van der Waals surface area contributed by atoms with Gasteiger partial charge in [-0.15, -0.1) is 0 Å². The number of nitrogens with zero attached hydrogens (tertiary/aromatic N) is 1. The van der Waals surface area contributed by atoms with Crippen LogP contribution in [-0.4, -0.2) is 13.1 Å². The summed E-state index contributed by atoms with van der Waals surface area (Å²) >= 11 is 0. The number of esters is 1. The highest BCUT2D eigenvalue weighted by Crippen LogP contribution is 2.16. The highest BCUT2D eigenvalue weighted by molar-refractivity contribution is 5.97. The molecule has 0 unspecified atom stereocenters. The molecule has 0 aromatic heterocycles. The quantitative estimate of drug-likeness (QED) is 0.345. The van der Waals surface area contributed by atoms with Gasteiger partial charge in [-0.25, -0.2) is 18.0 Å². The van der Waals surface area contributed by atoms with Crippen molar-refractivity contribution in [1.82, 2.24) is 0 Å². The average Bonchev–Trinajstić information content (AvgIpc) is 2.31. The normalized spacial score (nSPS) is 10.9. The maximum absolute atomic E-state index is 13.2. The molecule has 0 heterocycles. The molecule has 88 valence electrons. The van der Waals surface area contributed by atoms with Crippen molar-refractivity contribution in [3.8, 4) is 6.07 Å². The van der Waals surface area contributed by atoms with E-state index in [9.17, 15) is 18.0 Å². The van der Waals surface area contributed by atoms with Gasteiger partial charge in [0.25, 0.3) is 0 Å². The van der Waals surface area contributed by atoms with E-state index in [-0.39, 0.29) is 0 Å². The van der Waals surface area contributed by atoms with Gasteiger partial charge >= 0.3 is 5.97 Å². The van der Waals surface area contributed by atoms with E-state index in [1.807, 2.05) is 0 Å². The predicted molar refractivity (Wildman–Crippen MR) is 51.9 cm³/mol. The number of hydrogen-bond donors (Lipinski definition) is 0. The van der Waals surface area contributed by atoms with Crippen LogP contribution in [0.15, 0.2) is 17.7 Å². The Labute approximate surface area is 94.7 Å².